The Morgan fingerprint density at radius 3 is 2.85 bits per heavy atom. The number of aliphatic hydroxyl groups is 1. The molecule has 0 saturated carbocycles. The molecule has 1 atom stereocenters. The summed E-state index contributed by atoms with van der Waals surface area (Å²) >= 11 is 0. The van der Waals surface area contributed by atoms with Crippen molar-refractivity contribution >= 4 is 0 Å². The minimum Gasteiger partial charge on any atom is -0.382 e. The second kappa shape index (κ2) is 2.24. The van der Waals surface area contributed by atoms with Gasteiger partial charge in [-0.05, 0) is 18.2 Å². The topological polar surface area (TPSA) is 25.2 Å². The van der Waals surface area contributed by atoms with Crippen molar-refractivity contribution in [1.82, 2.24) is 4.57 Å². The van der Waals surface area contributed by atoms with E-state index in [1.54, 1.807) is 0 Å². The molecule has 3 rings (SSSR count). The normalized spacial score (nSPS) is 18.4. The number of hydrogen-bond donors (Lipinski definition) is 1. The van der Waals surface area contributed by atoms with Crippen LogP contribution in [0.1, 0.15) is 17.4 Å². The van der Waals surface area contributed by atoms with Crippen molar-refractivity contribution in [2.24, 2.45) is 0 Å². The summed E-state index contributed by atoms with van der Waals surface area (Å²) in [4.78, 5) is 0. The minimum absolute atomic E-state index is 0.453. The Balaban J connectivity index is 2.37. The molecule has 2 heteroatoms. The zero-order valence-corrected chi connectivity index (χ0v) is 7.01. The number of para-hydroxylation sites is 1. The minimum atomic E-state index is -0.453. The van der Waals surface area contributed by atoms with Gasteiger partial charge < -0.3 is 9.67 Å². The summed E-state index contributed by atoms with van der Waals surface area (Å²) in [6.45, 7) is 0. The summed E-state index contributed by atoms with van der Waals surface area (Å²) in [6, 6.07) is 11.8. The largest absolute Gasteiger partial charge is 0.382 e. The van der Waals surface area contributed by atoms with E-state index in [2.05, 4.69) is 0 Å². The highest BCUT2D eigenvalue weighted by molar-refractivity contribution is 5.52. The first-order valence-electron chi connectivity index (χ1n) is 4.32. The predicted octanol–water partition coefficient (Wildman–Crippen LogP) is 1.87. The monoisotopic (exact) mass is 171 g/mol. The van der Waals surface area contributed by atoms with Crippen molar-refractivity contribution in [1.29, 1.82) is 0 Å². The third-order valence-corrected chi connectivity index (χ3v) is 2.55. The van der Waals surface area contributed by atoms with Crippen LogP contribution in [-0.4, -0.2) is 9.67 Å². The number of fused-ring (bicyclic) bond motifs is 3. The van der Waals surface area contributed by atoms with Crippen LogP contribution in [0.2, 0.25) is 0 Å². The Bertz CT molecular complexity index is 459. The van der Waals surface area contributed by atoms with Crippen LogP contribution in [0.25, 0.3) is 5.69 Å². The van der Waals surface area contributed by atoms with E-state index in [9.17, 15) is 5.11 Å². The summed E-state index contributed by atoms with van der Waals surface area (Å²) in [7, 11) is 0. The van der Waals surface area contributed by atoms with Gasteiger partial charge in [0.15, 0.2) is 0 Å². The van der Waals surface area contributed by atoms with Crippen LogP contribution >= 0.6 is 0 Å². The number of benzene rings is 1. The van der Waals surface area contributed by atoms with Gasteiger partial charge in [0, 0.05) is 11.8 Å². The highest BCUT2D eigenvalue weighted by Gasteiger charge is 2.25. The molecule has 0 saturated heterocycles. The summed E-state index contributed by atoms with van der Waals surface area (Å²) in [5.41, 5.74) is 3.05. The molecule has 1 aliphatic heterocycles. The SMILES string of the molecule is OC1c2ccccc2-n2cccc21. The fourth-order valence-corrected chi connectivity index (χ4v) is 1.93. The second-order valence-corrected chi connectivity index (χ2v) is 3.26. The first kappa shape index (κ1) is 6.92. The lowest BCUT2D eigenvalue weighted by Gasteiger charge is -2.01. The van der Waals surface area contributed by atoms with Gasteiger partial charge >= 0.3 is 0 Å². The molecule has 0 radical (unpaired) electrons. The lowest BCUT2D eigenvalue weighted by molar-refractivity contribution is 0.221. The Morgan fingerprint density at radius 1 is 1.08 bits per heavy atom. The van der Waals surface area contributed by atoms with Crippen LogP contribution in [0.5, 0.6) is 0 Å². The molecule has 13 heavy (non-hydrogen) atoms. The van der Waals surface area contributed by atoms with Crippen LogP contribution in [0.3, 0.4) is 0 Å². The van der Waals surface area contributed by atoms with Gasteiger partial charge in [-0.3, -0.25) is 0 Å². The molecule has 1 unspecified atom stereocenters. The molecule has 1 aliphatic rings. The van der Waals surface area contributed by atoms with Gasteiger partial charge in [0.25, 0.3) is 0 Å². The molecule has 0 aliphatic carbocycles. The maximum atomic E-state index is 9.90. The highest BCUT2D eigenvalue weighted by Crippen LogP contribution is 2.35. The molecule has 0 fully saturated rings. The summed E-state index contributed by atoms with van der Waals surface area (Å²) in [6.07, 6.45) is 1.52. The number of aromatic nitrogens is 1. The summed E-state index contributed by atoms with van der Waals surface area (Å²) in [5, 5.41) is 9.90. The fraction of sp³-hybridized carbons (Fsp3) is 0.0909. The Kier molecular flexibility index (Phi) is 1.19. The number of hydrogen-bond acceptors (Lipinski definition) is 1. The molecule has 2 aromatic rings. The Morgan fingerprint density at radius 2 is 1.92 bits per heavy atom. The van der Waals surface area contributed by atoms with Crippen molar-refractivity contribution in [3.8, 4) is 5.69 Å². The quantitative estimate of drug-likeness (QED) is 0.643. The number of rotatable bonds is 0. The average Bonchev–Trinajstić information content (AvgIpc) is 2.72. The molecule has 2 heterocycles. The third-order valence-electron chi connectivity index (χ3n) is 2.55. The lowest BCUT2D eigenvalue weighted by Crippen LogP contribution is -1.92. The van der Waals surface area contributed by atoms with Crippen LogP contribution < -0.4 is 0 Å². The Hall–Kier alpha value is -1.54. The molecule has 64 valence electrons. The van der Waals surface area contributed by atoms with E-state index in [1.807, 2.05) is 47.2 Å². The molecule has 2 nitrogen and oxygen atoms in total. The third kappa shape index (κ3) is 0.756. The van der Waals surface area contributed by atoms with Crippen molar-refractivity contribution in [2.75, 3.05) is 0 Å². The van der Waals surface area contributed by atoms with Gasteiger partial charge in [0.2, 0.25) is 0 Å². The molecule has 0 bridgehead atoms. The van der Waals surface area contributed by atoms with Gasteiger partial charge in [0.05, 0.1) is 11.4 Å². The molecule has 1 aromatic carbocycles. The molecule has 0 spiro atoms. The van der Waals surface area contributed by atoms with Crippen molar-refractivity contribution in [2.45, 2.75) is 6.10 Å². The van der Waals surface area contributed by atoms with Crippen molar-refractivity contribution < 1.29 is 5.11 Å². The van der Waals surface area contributed by atoms with Crippen molar-refractivity contribution in [3.05, 3.63) is 53.9 Å². The van der Waals surface area contributed by atoms with Crippen LogP contribution in [-0.2, 0) is 0 Å². The van der Waals surface area contributed by atoms with E-state index >= 15 is 0 Å². The van der Waals surface area contributed by atoms with Gasteiger partial charge in [-0.25, -0.2) is 0 Å². The second-order valence-electron chi connectivity index (χ2n) is 3.26. The maximum Gasteiger partial charge on any atom is 0.121 e. The lowest BCUT2D eigenvalue weighted by atomic mass is 10.1. The van der Waals surface area contributed by atoms with E-state index in [1.165, 1.54) is 0 Å². The van der Waals surface area contributed by atoms with E-state index in [0.29, 0.717) is 0 Å². The van der Waals surface area contributed by atoms with Gasteiger partial charge in [-0.2, -0.15) is 0 Å². The zero-order valence-electron chi connectivity index (χ0n) is 7.01. The first-order valence-corrected chi connectivity index (χ1v) is 4.32. The molecular formula is C11H9NO. The molecule has 1 aromatic heterocycles. The number of aliphatic hydroxyl groups excluding tert-OH is 1. The van der Waals surface area contributed by atoms with E-state index in [0.717, 1.165) is 16.9 Å². The maximum absolute atomic E-state index is 9.90. The first-order chi connectivity index (χ1) is 6.38. The molecular weight excluding hydrogens is 162 g/mol. The van der Waals surface area contributed by atoms with Gasteiger partial charge in [-0.1, -0.05) is 18.2 Å². The van der Waals surface area contributed by atoms with E-state index in [-0.39, 0.29) is 0 Å². The highest BCUT2D eigenvalue weighted by atomic mass is 16.3. The fourth-order valence-electron chi connectivity index (χ4n) is 1.93. The van der Waals surface area contributed by atoms with Gasteiger partial charge in [-0.15, -0.1) is 0 Å². The van der Waals surface area contributed by atoms with Crippen LogP contribution in [0, 0.1) is 0 Å². The van der Waals surface area contributed by atoms with Crippen LogP contribution in [0.4, 0.5) is 0 Å². The predicted molar refractivity (Wildman–Crippen MR) is 49.8 cm³/mol. The standard InChI is InChI=1S/C11H9NO/c13-11-8-4-1-2-5-9(8)12-7-3-6-10(11)12/h1-7,11,13H. The average molecular weight is 171 g/mol. The number of nitrogens with zero attached hydrogens (tertiary/aromatic N) is 1. The van der Waals surface area contributed by atoms with Gasteiger partial charge in [0.1, 0.15) is 6.10 Å². The molecule has 1 N–H and O–H groups in total. The van der Waals surface area contributed by atoms with Crippen LogP contribution in [0.15, 0.2) is 42.6 Å². The summed E-state index contributed by atoms with van der Waals surface area (Å²) in [5.74, 6) is 0. The Labute approximate surface area is 76.1 Å². The van der Waals surface area contributed by atoms with Crippen molar-refractivity contribution in [3.63, 3.8) is 0 Å². The smallest absolute Gasteiger partial charge is 0.121 e. The summed E-state index contributed by atoms with van der Waals surface area (Å²) < 4.78 is 2.03. The van der Waals surface area contributed by atoms with E-state index in [4.69, 9.17) is 0 Å². The van der Waals surface area contributed by atoms with E-state index < -0.39 is 6.10 Å². The molecule has 0 amide bonds. The zero-order chi connectivity index (χ0) is 8.84.